The second-order valence-electron chi connectivity index (χ2n) is 1.95. The van der Waals surface area contributed by atoms with E-state index in [0.29, 0.717) is 12.5 Å². The highest BCUT2D eigenvalue weighted by atomic mass is 35.5. The summed E-state index contributed by atoms with van der Waals surface area (Å²) >= 11 is 5.25. The van der Waals surface area contributed by atoms with Crippen LogP contribution in [0.3, 0.4) is 0 Å². The summed E-state index contributed by atoms with van der Waals surface area (Å²) in [5.41, 5.74) is 0. The van der Waals surface area contributed by atoms with E-state index in [0.717, 1.165) is 0 Å². The SMILES string of the molecule is FC(F)(F)OCCCOCCCl. The van der Waals surface area contributed by atoms with Gasteiger partial charge in [-0.05, 0) is 6.42 Å². The predicted molar refractivity (Wildman–Crippen MR) is 38.2 cm³/mol. The summed E-state index contributed by atoms with van der Waals surface area (Å²) < 4.78 is 42.4. The molecule has 0 saturated carbocycles. The lowest BCUT2D eigenvalue weighted by Gasteiger charge is -2.06. The molecule has 0 spiro atoms. The van der Waals surface area contributed by atoms with Crippen molar-refractivity contribution in [2.45, 2.75) is 12.8 Å². The minimum absolute atomic E-state index is 0.219. The fourth-order valence-electron chi connectivity index (χ4n) is 0.506. The van der Waals surface area contributed by atoms with E-state index in [-0.39, 0.29) is 19.6 Å². The largest absolute Gasteiger partial charge is 0.522 e. The van der Waals surface area contributed by atoms with Gasteiger partial charge in [-0.3, -0.25) is 4.74 Å². The monoisotopic (exact) mass is 206 g/mol. The lowest BCUT2D eigenvalue weighted by atomic mass is 10.5. The van der Waals surface area contributed by atoms with Crippen molar-refractivity contribution in [2.75, 3.05) is 25.7 Å². The molecule has 0 aromatic rings. The van der Waals surface area contributed by atoms with Crippen LogP contribution in [0.2, 0.25) is 0 Å². The molecular formula is C6H10ClF3O2. The standard InChI is InChI=1S/C6H10ClF3O2/c7-2-5-11-3-1-4-12-6(8,9)10/h1-5H2. The highest BCUT2D eigenvalue weighted by Gasteiger charge is 2.28. The second kappa shape index (κ2) is 6.51. The van der Waals surface area contributed by atoms with E-state index in [1.54, 1.807) is 0 Å². The Morgan fingerprint density at radius 3 is 2.25 bits per heavy atom. The molecule has 0 bridgehead atoms. The summed E-state index contributed by atoms with van der Waals surface area (Å²) in [4.78, 5) is 0. The van der Waals surface area contributed by atoms with Crippen molar-refractivity contribution >= 4 is 11.6 Å². The molecule has 0 saturated heterocycles. The van der Waals surface area contributed by atoms with Crippen molar-refractivity contribution in [1.29, 1.82) is 0 Å². The number of hydrogen-bond acceptors (Lipinski definition) is 2. The minimum Gasteiger partial charge on any atom is -0.380 e. The van der Waals surface area contributed by atoms with E-state index in [1.807, 2.05) is 0 Å². The summed E-state index contributed by atoms with van der Waals surface area (Å²) in [5.74, 6) is 0.347. The third-order valence-electron chi connectivity index (χ3n) is 0.920. The van der Waals surface area contributed by atoms with Crippen LogP contribution in [0.4, 0.5) is 13.2 Å². The van der Waals surface area contributed by atoms with Gasteiger partial charge in [-0.15, -0.1) is 24.8 Å². The van der Waals surface area contributed by atoms with Gasteiger partial charge in [-0.2, -0.15) is 0 Å². The molecule has 0 amide bonds. The quantitative estimate of drug-likeness (QED) is 0.490. The van der Waals surface area contributed by atoms with Gasteiger partial charge in [0.2, 0.25) is 0 Å². The lowest BCUT2D eigenvalue weighted by molar-refractivity contribution is -0.325. The summed E-state index contributed by atoms with van der Waals surface area (Å²) in [7, 11) is 0. The van der Waals surface area contributed by atoms with Gasteiger partial charge in [0.25, 0.3) is 0 Å². The van der Waals surface area contributed by atoms with Crippen molar-refractivity contribution in [2.24, 2.45) is 0 Å². The molecular weight excluding hydrogens is 197 g/mol. The van der Waals surface area contributed by atoms with E-state index < -0.39 is 6.36 Å². The van der Waals surface area contributed by atoms with Crippen molar-refractivity contribution in [3.05, 3.63) is 0 Å². The van der Waals surface area contributed by atoms with Gasteiger partial charge in [-0.1, -0.05) is 0 Å². The molecule has 0 aliphatic heterocycles. The summed E-state index contributed by atoms with van der Waals surface area (Å²) in [6.45, 7) is 0.224. The molecule has 0 heterocycles. The van der Waals surface area contributed by atoms with Crippen molar-refractivity contribution < 1.29 is 22.6 Å². The zero-order valence-corrected chi connectivity index (χ0v) is 7.12. The Bertz CT molecular complexity index is 107. The predicted octanol–water partition coefficient (Wildman–Crippen LogP) is 2.17. The highest BCUT2D eigenvalue weighted by Crippen LogP contribution is 2.15. The van der Waals surface area contributed by atoms with Crippen LogP contribution < -0.4 is 0 Å². The average molecular weight is 207 g/mol. The number of hydrogen-bond donors (Lipinski definition) is 0. The van der Waals surface area contributed by atoms with E-state index in [1.165, 1.54) is 0 Å². The van der Waals surface area contributed by atoms with E-state index in [2.05, 4.69) is 4.74 Å². The van der Waals surface area contributed by atoms with Gasteiger partial charge in [0.15, 0.2) is 0 Å². The van der Waals surface area contributed by atoms with Gasteiger partial charge < -0.3 is 4.74 Å². The molecule has 0 unspecified atom stereocenters. The van der Waals surface area contributed by atoms with Gasteiger partial charge in [0.05, 0.1) is 13.2 Å². The van der Waals surface area contributed by atoms with E-state index in [4.69, 9.17) is 16.3 Å². The maximum atomic E-state index is 11.3. The molecule has 0 aliphatic carbocycles. The summed E-state index contributed by atoms with van der Waals surface area (Å²) in [6, 6.07) is 0. The smallest absolute Gasteiger partial charge is 0.380 e. The Morgan fingerprint density at radius 1 is 1.08 bits per heavy atom. The maximum Gasteiger partial charge on any atom is 0.522 e. The first-order valence-electron chi connectivity index (χ1n) is 3.40. The molecule has 0 radical (unpaired) electrons. The highest BCUT2D eigenvalue weighted by molar-refractivity contribution is 6.17. The van der Waals surface area contributed by atoms with Crippen molar-refractivity contribution in [1.82, 2.24) is 0 Å². The lowest BCUT2D eigenvalue weighted by Crippen LogP contribution is -2.15. The van der Waals surface area contributed by atoms with Crippen LogP contribution in [0.5, 0.6) is 0 Å². The number of alkyl halides is 4. The van der Waals surface area contributed by atoms with Crippen molar-refractivity contribution in [3.8, 4) is 0 Å². The van der Waals surface area contributed by atoms with Gasteiger partial charge in [0, 0.05) is 12.5 Å². The van der Waals surface area contributed by atoms with Crippen LogP contribution >= 0.6 is 11.6 Å². The molecule has 0 atom stereocenters. The Balaban J connectivity index is 3.01. The Hall–Kier alpha value is 0. The molecule has 0 rings (SSSR count). The fraction of sp³-hybridized carbons (Fsp3) is 1.00. The van der Waals surface area contributed by atoms with Crippen LogP contribution in [0.1, 0.15) is 6.42 Å². The molecule has 0 aliphatic rings. The Labute approximate surface area is 73.6 Å². The number of halogens is 4. The first-order chi connectivity index (χ1) is 5.56. The molecule has 0 fully saturated rings. The third-order valence-corrected chi connectivity index (χ3v) is 1.07. The molecule has 74 valence electrons. The van der Waals surface area contributed by atoms with E-state index in [9.17, 15) is 13.2 Å². The molecule has 0 aromatic carbocycles. The minimum atomic E-state index is -4.54. The fourth-order valence-corrected chi connectivity index (χ4v) is 0.615. The van der Waals surface area contributed by atoms with Crippen LogP contribution in [-0.2, 0) is 9.47 Å². The van der Waals surface area contributed by atoms with Crippen LogP contribution in [0.15, 0.2) is 0 Å². The molecule has 6 heteroatoms. The molecule has 0 aromatic heterocycles. The summed E-state index contributed by atoms with van der Waals surface area (Å²) in [5, 5.41) is 0. The van der Waals surface area contributed by atoms with Crippen molar-refractivity contribution in [3.63, 3.8) is 0 Å². The van der Waals surface area contributed by atoms with Crippen LogP contribution in [0.25, 0.3) is 0 Å². The van der Waals surface area contributed by atoms with Crippen LogP contribution in [-0.4, -0.2) is 32.1 Å². The zero-order chi connectivity index (χ0) is 9.45. The molecule has 0 N–H and O–H groups in total. The van der Waals surface area contributed by atoms with Gasteiger partial charge in [0.1, 0.15) is 0 Å². The Kier molecular flexibility index (Phi) is 6.51. The topological polar surface area (TPSA) is 18.5 Å². The molecule has 12 heavy (non-hydrogen) atoms. The maximum absolute atomic E-state index is 11.3. The average Bonchev–Trinajstić information content (AvgIpc) is 1.94. The number of rotatable bonds is 6. The van der Waals surface area contributed by atoms with E-state index >= 15 is 0 Å². The summed E-state index contributed by atoms with van der Waals surface area (Å²) in [6.07, 6.45) is -4.32. The van der Waals surface area contributed by atoms with Gasteiger partial charge >= 0.3 is 6.36 Å². The first kappa shape index (κ1) is 12.0. The normalized spacial score (nSPS) is 12.0. The zero-order valence-electron chi connectivity index (χ0n) is 6.36. The third kappa shape index (κ3) is 10.0. The van der Waals surface area contributed by atoms with Crippen LogP contribution in [0, 0.1) is 0 Å². The first-order valence-corrected chi connectivity index (χ1v) is 3.94. The number of ether oxygens (including phenoxy) is 2. The molecule has 2 nitrogen and oxygen atoms in total. The second-order valence-corrected chi connectivity index (χ2v) is 2.33. The Morgan fingerprint density at radius 2 is 1.75 bits per heavy atom. The van der Waals surface area contributed by atoms with Gasteiger partial charge in [-0.25, -0.2) is 0 Å².